The lowest BCUT2D eigenvalue weighted by molar-refractivity contribution is -0.881. The summed E-state index contributed by atoms with van der Waals surface area (Å²) in [6, 6.07) is 17.9. The number of para-hydroxylation sites is 1. The summed E-state index contributed by atoms with van der Waals surface area (Å²) in [6.45, 7) is 7.09. The maximum absolute atomic E-state index is 12.5. The summed E-state index contributed by atoms with van der Waals surface area (Å²) in [5, 5.41) is 5.87. The average Bonchev–Trinajstić information content (AvgIpc) is 2.63. The second-order valence-electron chi connectivity index (χ2n) is 6.64. The Hall–Kier alpha value is -2.31. The van der Waals surface area contributed by atoms with Gasteiger partial charge >= 0.3 is 0 Å². The first-order valence-electron chi connectivity index (χ1n) is 9.22. The van der Waals surface area contributed by atoms with Gasteiger partial charge in [-0.25, -0.2) is 0 Å². The maximum Gasteiger partial charge on any atom is 0.279 e. The van der Waals surface area contributed by atoms with Crippen LogP contribution in [0.2, 0.25) is 0 Å². The van der Waals surface area contributed by atoms with Gasteiger partial charge in [-0.1, -0.05) is 42.1 Å². The number of anilines is 1. The fourth-order valence-corrected chi connectivity index (χ4v) is 3.53. The van der Waals surface area contributed by atoms with E-state index in [1.807, 2.05) is 75.4 Å². The predicted octanol–water partition coefficient (Wildman–Crippen LogP) is 2.21. The zero-order valence-corrected chi connectivity index (χ0v) is 16.9. The molecule has 0 aliphatic rings. The Morgan fingerprint density at radius 1 is 0.963 bits per heavy atom. The van der Waals surface area contributed by atoms with Crippen molar-refractivity contribution in [1.29, 1.82) is 0 Å². The molecule has 1 atom stereocenters. The van der Waals surface area contributed by atoms with E-state index in [2.05, 4.69) is 10.6 Å². The van der Waals surface area contributed by atoms with Gasteiger partial charge in [0.05, 0.1) is 12.2 Å². The minimum Gasteiger partial charge on any atom is -0.349 e. The van der Waals surface area contributed by atoms with Crippen LogP contribution < -0.4 is 15.5 Å². The summed E-state index contributed by atoms with van der Waals surface area (Å²) >= 11 is 1.61. The summed E-state index contributed by atoms with van der Waals surface area (Å²) in [5.74, 6) is -0.125. The number of benzene rings is 2. The molecule has 1 unspecified atom stereocenters. The highest BCUT2D eigenvalue weighted by Gasteiger charge is 2.18. The molecule has 2 amide bonds. The van der Waals surface area contributed by atoms with Gasteiger partial charge in [-0.2, -0.15) is 0 Å². The third-order valence-electron chi connectivity index (χ3n) is 3.90. The molecule has 0 saturated carbocycles. The van der Waals surface area contributed by atoms with Gasteiger partial charge in [0.2, 0.25) is 0 Å². The lowest BCUT2D eigenvalue weighted by atomic mass is 10.3. The SMILES string of the molecule is CC[NH+](CC(=O)Nc1ccccc1Sc1ccccc1)CC(=O)NC(C)C. The van der Waals surface area contributed by atoms with E-state index in [-0.39, 0.29) is 24.4 Å². The van der Waals surface area contributed by atoms with Gasteiger partial charge in [0.25, 0.3) is 11.8 Å². The molecule has 0 fully saturated rings. The molecule has 144 valence electrons. The van der Waals surface area contributed by atoms with Crippen molar-refractivity contribution in [3.8, 4) is 0 Å². The van der Waals surface area contributed by atoms with E-state index in [0.717, 1.165) is 20.4 Å². The highest BCUT2D eigenvalue weighted by atomic mass is 32.2. The molecule has 27 heavy (non-hydrogen) atoms. The van der Waals surface area contributed by atoms with Crippen molar-refractivity contribution in [2.75, 3.05) is 25.0 Å². The van der Waals surface area contributed by atoms with Crippen LogP contribution in [0.5, 0.6) is 0 Å². The van der Waals surface area contributed by atoms with Crippen molar-refractivity contribution < 1.29 is 14.5 Å². The Morgan fingerprint density at radius 2 is 1.59 bits per heavy atom. The monoisotopic (exact) mass is 386 g/mol. The van der Waals surface area contributed by atoms with Gasteiger partial charge < -0.3 is 15.5 Å². The minimum atomic E-state index is -0.0923. The number of likely N-dealkylation sites (N-methyl/N-ethyl adjacent to an activating group) is 1. The van der Waals surface area contributed by atoms with Crippen LogP contribution in [0.4, 0.5) is 5.69 Å². The molecule has 0 aromatic heterocycles. The number of hydrogen-bond acceptors (Lipinski definition) is 3. The van der Waals surface area contributed by atoms with Gasteiger partial charge in [-0.05, 0) is 45.0 Å². The van der Waals surface area contributed by atoms with Crippen LogP contribution >= 0.6 is 11.8 Å². The number of amides is 2. The van der Waals surface area contributed by atoms with Crippen molar-refractivity contribution in [3.05, 3.63) is 54.6 Å². The van der Waals surface area contributed by atoms with Gasteiger partial charge in [-0.3, -0.25) is 9.59 Å². The first kappa shape index (κ1) is 21.0. The molecule has 2 rings (SSSR count). The van der Waals surface area contributed by atoms with E-state index >= 15 is 0 Å². The Kier molecular flexibility index (Phi) is 8.36. The summed E-state index contributed by atoms with van der Waals surface area (Å²) in [5.41, 5.74) is 0.790. The third kappa shape index (κ3) is 7.45. The number of nitrogens with one attached hydrogen (secondary N) is 3. The quantitative estimate of drug-likeness (QED) is 0.619. The third-order valence-corrected chi connectivity index (χ3v) is 4.99. The molecular weight excluding hydrogens is 358 g/mol. The lowest BCUT2D eigenvalue weighted by Crippen LogP contribution is -3.14. The summed E-state index contributed by atoms with van der Waals surface area (Å²) in [7, 11) is 0. The van der Waals surface area contributed by atoms with E-state index in [1.165, 1.54) is 0 Å². The molecule has 6 heteroatoms. The first-order chi connectivity index (χ1) is 13.0. The van der Waals surface area contributed by atoms with Crippen LogP contribution in [0.15, 0.2) is 64.4 Å². The van der Waals surface area contributed by atoms with Crippen molar-refractivity contribution in [2.24, 2.45) is 0 Å². The smallest absolute Gasteiger partial charge is 0.279 e. The molecule has 0 saturated heterocycles. The van der Waals surface area contributed by atoms with Gasteiger partial charge in [0.1, 0.15) is 0 Å². The number of quaternary nitrogens is 1. The minimum absolute atomic E-state index is 0.0327. The zero-order valence-electron chi connectivity index (χ0n) is 16.1. The normalized spacial score (nSPS) is 11.9. The van der Waals surface area contributed by atoms with Crippen LogP contribution in [-0.4, -0.2) is 37.5 Å². The van der Waals surface area contributed by atoms with Crippen molar-refractivity contribution in [2.45, 2.75) is 36.6 Å². The molecule has 0 spiro atoms. The maximum atomic E-state index is 12.5. The zero-order chi connectivity index (χ0) is 19.6. The van der Waals surface area contributed by atoms with Gasteiger partial charge in [0, 0.05) is 15.8 Å². The summed E-state index contributed by atoms with van der Waals surface area (Å²) < 4.78 is 0. The fraction of sp³-hybridized carbons (Fsp3) is 0.333. The van der Waals surface area contributed by atoms with Gasteiger partial charge in [0.15, 0.2) is 13.1 Å². The largest absolute Gasteiger partial charge is 0.349 e. The number of rotatable bonds is 9. The molecule has 0 heterocycles. The van der Waals surface area contributed by atoms with Crippen LogP contribution in [0.25, 0.3) is 0 Å². The van der Waals surface area contributed by atoms with Gasteiger partial charge in [-0.15, -0.1) is 0 Å². The topological polar surface area (TPSA) is 62.6 Å². The molecule has 3 N–H and O–H groups in total. The Morgan fingerprint density at radius 3 is 2.26 bits per heavy atom. The lowest BCUT2D eigenvalue weighted by Gasteiger charge is -2.18. The molecule has 2 aromatic rings. The molecule has 0 aliphatic heterocycles. The second kappa shape index (κ2) is 10.7. The summed E-state index contributed by atoms with van der Waals surface area (Å²) in [4.78, 5) is 27.5. The Bertz CT molecular complexity index is 750. The highest BCUT2D eigenvalue weighted by molar-refractivity contribution is 7.99. The Balaban J connectivity index is 1.97. The number of carbonyl (C=O) groups is 2. The van der Waals surface area contributed by atoms with Crippen LogP contribution in [0, 0.1) is 0 Å². The van der Waals surface area contributed by atoms with Crippen LogP contribution in [0.3, 0.4) is 0 Å². The van der Waals surface area contributed by atoms with E-state index in [9.17, 15) is 9.59 Å². The van der Waals surface area contributed by atoms with Crippen molar-refractivity contribution >= 4 is 29.3 Å². The van der Waals surface area contributed by atoms with Crippen LogP contribution in [0.1, 0.15) is 20.8 Å². The molecular formula is C21H28N3O2S+. The Labute approximate surface area is 165 Å². The van der Waals surface area contributed by atoms with E-state index < -0.39 is 0 Å². The molecule has 0 bridgehead atoms. The average molecular weight is 387 g/mol. The summed E-state index contributed by atoms with van der Waals surface area (Å²) in [6.07, 6.45) is 0. The fourth-order valence-electron chi connectivity index (χ4n) is 2.61. The number of carbonyl (C=O) groups excluding carboxylic acids is 2. The standard InChI is InChI=1S/C21H27N3O2S/c1-4-24(14-20(25)22-16(2)3)15-21(26)23-18-12-8-9-13-19(18)27-17-10-6-5-7-11-17/h5-13,16H,4,14-15H2,1-3H3,(H,22,25)(H,23,26)/p+1. The molecule has 0 radical (unpaired) electrons. The van der Waals surface area contributed by atoms with Crippen LogP contribution in [-0.2, 0) is 9.59 Å². The molecule has 0 aliphatic carbocycles. The van der Waals surface area contributed by atoms with Crippen molar-refractivity contribution in [1.82, 2.24) is 5.32 Å². The van der Waals surface area contributed by atoms with E-state index in [0.29, 0.717) is 13.1 Å². The van der Waals surface area contributed by atoms with Crippen molar-refractivity contribution in [3.63, 3.8) is 0 Å². The first-order valence-corrected chi connectivity index (χ1v) is 10.0. The molecule has 2 aromatic carbocycles. The van der Waals surface area contributed by atoms with E-state index in [1.54, 1.807) is 11.8 Å². The molecule has 5 nitrogen and oxygen atoms in total. The second-order valence-corrected chi connectivity index (χ2v) is 7.75. The highest BCUT2D eigenvalue weighted by Crippen LogP contribution is 2.32. The number of hydrogen-bond donors (Lipinski definition) is 3. The van der Waals surface area contributed by atoms with E-state index in [4.69, 9.17) is 0 Å². The predicted molar refractivity (Wildman–Crippen MR) is 110 cm³/mol.